The number of carbonyl (C=O) groups is 1. The number of aliphatic hydroxyl groups is 1. The lowest BCUT2D eigenvalue weighted by Gasteiger charge is -2.18. The monoisotopic (exact) mass is 326 g/mol. The Morgan fingerprint density at radius 2 is 2.05 bits per heavy atom. The Bertz CT molecular complexity index is 470. The highest BCUT2D eigenvalue weighted by Gasteiger charge is 2.26. The van der Waals surface area contributed by atoms with Gasteiger partial charge in [0.2, 0.25) is 0 Å². The van der Waals surface area contributed by atoms with Gasteiger partial charge in [-0.15, -0.1) is 11.3 Å². The molecule has 0 bridgehead atoms. The maximum absolute atomic E-state index is 11.6. The van der Waals surface area contributed by atoms with Crippen LogP contribution < -0.4 is 5.73 Å². The van der Waals surface area contributed by atoms with E-state index in [-0.39, 0.29) is 6.61 Å². The molecule has 1 aliphatic heterocycles. The lowest BCUT2D eigenvalue weighted by Crippen LogP contribution is -2.37. The Morgan fingerprint density at radius 3 is 2.68 bits per heavy atom. The van der Waals surface area contributed by atoms with Gasteiger partial charge in [-0.05, 0) is 45.0 Å². The Labute approximate surface area is 136 Å². The van der Waals surface area contributed by atoms with E-state index in [4.69, 9.17) is 10.5 Å². The topological polar surface area (TPSA) is 75.8 Å². The Balaban J connectivity index is 1.93. The van der Waals surface area contributed by atoms with Crippen LogP contribution >= 0.6 is 11.3 Å². The Morgan fingerprint density at radius 1 is 1.36 bits per heavy atom. The van der Waals surface area contributed by atoms with Crippen molar-refractivity contribution in [1.82, 2.24) is 4.90 Å². The van der Waals surface area contributed by atoms with Crippen LogP contribution in [0.4, 0.5) is 0 Å². The highest BCUT2D eigenvalue weighted by molar-refractivity contribution is 7.12. The summed E-state index contributed by atoms with van der Waals surface area (Å²) in [6, 6.07) is 2.86. The summed E-state index contributed by atoms with van der Waals surface area (Å²) in [5.41, 5.74) is 5.76. The first-order valence-electron chi connectivity index (χ1n) is 8.03. The number of esters is 1. The third-order valence-corrected chi connectivity index (χ3v) is 5.09. The summed E-state index contributed by atoms with van der Waals surface area (Å²) in [6.45, 7) is 5.17. The van der Waals surface area contributed by atoms with Gasteiger partial charge in [-0.1, -0.05) is 12.8 Å². The summed E-state index contributed by atoms with van der Waals surface area (Å²) in [5, 5.41) is 10.2. The third kappa shape index (κ3) is 4.78. The quantitative estimate of drug-likeness (QED) is 0.783. The summed E-state index contributed by atoms with van der Waals surface area (Å²) in [4.78, 5) is 16.0. The van der Waals surface area contributed by atoms with Gasteiger partial charge in [0.1, 0.15) is 12.1 Å². The lowest BCUT2D eigenvalue weighted by molar-refractivity contribution is -0.147. The van der Waals surface area contributed by atoms with Crippen LogP contribution in [0.3, 0.4) is 0 Å². The minimum Gasteiger partial charge on any atom is -0.465 e. The summed E-state index contributed by atoms with van der Waals surface area (Å²) in [5.74, 6) is -0.558. The number of ether oxygens (including phenoxy) is 1. The lowest BCUT2D eigenvalue weighted by atomic mass is 10.1. The molecule has 1 aromatic rings. The summed E-state index contributed by atoms with van der Waals surface area (Å²) < 4.78 is 4.86. The molecule has 22 heavy (non-hydrogen) atoms. The molecule has 0 radical (unpaired) electrons. The van der Waals surface area contributed by atoms with Crippen molar-refractivity contribution in [2.75, 3.05) is 19.7 Å². The largest absolute Gasteiger partial charge is 0.465 e. The number of carbonyl (C=O) groups excluding carboxylic acids is 1. The van der Waals surface area contributed by atoms with Gasteiger partial charge in [0.15, 0.2) is 0 Å². The molecule has 2 rings (SSSR count). The van der Waals surface area contributed by atoms with Crippen LogP contribution in [0.2, 0.25) is 0 Å². The molecule has 0 spiro atoms. The van der Waals surface area contributed by atoms with Gasteiger partial charge < -0.3 is 15.6 Å². The molecule has 124 valence electrons. The third-order valence-electron chi connectivity index (χ3n) is 3.95. The molecule has 2 atom stereocenters. The number of hydrogen-bond donors (Lipinski definition) is 2. The number of rotatable bonds is 6. The first kappa shape index (κ1) is 17.4. The zero-order chi connectivity index (χ0) is 15.9. The number of aliphatic hydroxyl groups excluding tert-OH is 1. The number of thiophene rings is 1. The average Bonchev–Trinajstić information content (AvgIpc) is 2.82. The highest BCUT2D eigenvalue weighted by atomic mass is 32.1. The van der Waals surface area contributed by atoms with Crippen molar-refractivity contribution >= 4 is 17.3 Å². The van der Waals surface area contributed by atoms with E-state index in [1.54, 1.807) is 6.92 Å². The summed E-state index contributed by atoms with van der Waals surface area (Å²) in [6.07, 6.45) is 4.16. The van der Waals surface area contributed by atoms with Crippen molar-refractivity contribution in [2.45, 2.75) is 51.3 Å². The maximum Gasteiger partial charge on any atom is 0.326 e. The number of nitrogens with two attached hydrogens (primary N) is 1. The van der Waals surface area contributed by atoms with E-state index in [9.17, 15) is 9.90 Å². The summed E-state index contributed by atoms with van der Waals surface area (Å²) >= 11 is 1.53. The molecule has 1 aromatic heterocycles. The minimum atomic E-state index is -1.02. The molecule has 0 amide bonds. The van der Waals surface area contributed by atoms with E-state index in [0.29, 0.717) is 0 Å². The molecular weight excluding hydrogens is 300 g/mol. The molecular formula is C16H26N2O3S. The fourth-order valence-corrected chi connectivity index (χ4v) is 3.79. The molecule has 1 saturated heterocycles. The molecule has 1 aliphatic rings. The van der Waals surface area contributed by atoms with Crippen LogP contribution in [0.5, 0.6) is 0 Å². The zero-order valence-corrected chi connectivity index (χ0v) is 14.0. The highest BCUT2D eigenvalue weighted by Crippen LogP contribution is 2.27. The normalized spacial score (nSPS) is 19.4. The first-order valence-corrected chi connectivity index (χ1v) is 8.84. The van der Waals surface area contributed by atoms with Gasteiger partial charge in [-0.2, -0.15) is 0 Å². The molecule has 0 saturated carbocycles. The molecule has 1 fully saturated rings. The number of likely N-dealkylation sites (tertiary alicyclic amines) is 1. The second-order valence-electron chi connectivity index (χ2n) is 5.72. The van der Waals surface area contributed by atoms with Crippen LogP contribution in [0.25, 0.3) is 0 Å². The van der Waals surface area contributed by atoms with E-state index in [1.165, 1.54) is 41.9 Å². The van der Waals surface area contributed by atoms with Crippen molar-refractivity contribution in [1.29, 1.82) is 0 Å². The molecule has 2 unspecified atom stereocenters. The predicted molar refractivity (Wildman–Crippen MR) is 87.6 cm³/mol. The van der Waals surface area contributed by atoms with Gasteiger partial charge in [0.05, 0.1) is 6.61 Å². The number of nitrogens with zero attached hydrogens (tertiary/aromatic N) is 1. The van der Waals surface area contributed by atoms with E-state index in [1.807, 2.05) is 12.1 Å². The van der Waals surface area contributed by atoms with E-state index >= 15 is 0 Å². The predicted octanol–water partition coefficient (Wildman–Crippen LogP) is 2.05. The molecule has 0 aromatic carbocycles. The van der Waals surface area contributed by atoms with Crippen molar-refractivity contribution < 1.29 is 14.6 Å². The minimum absolute atomic E-state index is 0.268. The second-order valence-corrected chi connectivity index (χ2v) is 6.92. The van der Waals surface area contributed by atoms with Gasteiger partial charge >= 0.3 is 5.97 Å². The smallest absolute Gasteiger partial charge is 0.326 e. The van der Waals surface area contributed by atoms with Crippen molar-refractivity contribution in [3.05, 3.63) is 21.9 Å². The van der Waals surface area contributed by atoms with Crippen LogP contribution in [0.1, 0.15) is 48.5 Å². The van der Waals surface area contributed by atoms with Crippen molar-refractivity contribution in [2.24, 2.45) is 5.73 Å². The second kappa shape index (κ2) is 8.62. The van der Waals surface area contributed by atoms with E-state index < -0.39 is 18.1 Å². The molecule has 2 heterocycles. The van der Waals surface area contributed by atoms with Gasteiger partial charge in [-0.25, -0.2) is 0 Å². The van der Waals surface area contributed by atoms with Crippen LogP contribution in [0, 0.1) is 0 Å². The first-order chi connectivity index (χ1) is 10.6. The molecule has 6 heteroatoms. The SMILES string of the molecule is CCOC(=O)C(N)C(O)c1ccc(CN2CCCCCC2)s1. The maximum atomic E-state index is 11.6. The van der Waals surface area contributed by atoms with Gasteiger partial charge in [-0.3, -0.25) is 9.69 Å². The van der Waals surface area contributed by atoms with Gasteiger partial charge in [0, 0.05) is 16.3 Å². The van der Waals surface area contributed by atoms with Crippen molar-refractivity contribution in [3.8, 4) is 0 Å². The van der Waals surface area contributed by atoms with E-state index in [0.717, 1.165) is 24.5 Å². The van der Waals surface area contributed by atoms with E-state index in [2.05, 4.69) is 4.90 Å². The van der Waals surface area contributed by atoms with Crippen LogP contribution in [0.15, 0.2) is 12.1 Å². The molecule has 0 aliphatic carbocycles. The van der Waals surface area contributed by atoms with Crippen LogP contribution in [-0.4, -0.2) is 41.7 Å². The fourth-order valence-electron chi connectivity index (χ4n) is 2.70. The Kier molecular flexibility index (Phi) is 6.82. The van der Waals surface area contributed by atoms with Gasteiger partial charge in [0.25, 0.3) is 0 Å². The standard InChI is InChI=1S/C16H26N2O3S/c1-2-21-16(20)14(17)15(19)13-8-7-12(22-13)11-18-9-5-3-4-6-10-18/h7-8,14-15,19H,2-6,9-11,17H2,1H3. The summed E-state index contributed by atoms with van der Waals surface area (Å²) in [7, 11) is 0. The number of hydrogen-bond acceptors (Lipinski definition) is 6. The van der Waals surface area contributed by atoms with Crippen molar-refractivity contribution in [3.63, 3.8) is 0 Å². The zero-order valence-electron chi connectivity index (χ0n) is 13.2. The average molecular weight is 326 g/mol. The van der Waals surface area contributed by atoms with Crippen LogP contribution in [-0.2, 0) is 16.1 Å². The fraction of sp³-hybridized carbons (Fsp3) is 0.688. The molecule has 5 nitrogen and oxygen atoms in total. The molecule has 3 N–H and O–H groups in total. The Hall–Kier alpha value is -0.950.